The van der Waals surface area contributed by atoms with Crippen molar-refractivity contribution in [3.63, 3.8) is 0 Å². The molecule has 0 spiro atoms. The summed E-state index contributed by atoms with van der Waals surface area (Å²) in [4.78, 5) is 0. The van der Waals surface area contributed by atoms with Crippen LogP contribution in [-0.4, -0.2) is 0 Å². The molecule has 2 heterocycles. The van der Waals surface area contributed by atoms with E-state index >= 15 is 0 Å². The first-order chi connectivity index (χ1) is 26.3. The number of hydrogen-bond acceptors (Lipinski definition) is 1. The Morgan fingerprint density at radius 3 is 1.62 bits per heavy atom. The Hall–Kier alpha value is -7.03. The van der Waals surface area contributed by atoms with Crippen molar-refractivity contribution in [1.82, 2.24) is 0 Å². The molecule has 0 fully saturated rings. The average molecular weight is 678 g/mol. The van der Waals surface area contributed by atoms with Crippen molar-refractivity contribution in [2.75, 3.05) is 0 Å². The summed E-state index contributed by atoms with van der Waals surface area (Å²) in [5.74, 6) is 3.41. The number of benzene rings is 6. The summed E-state index contributed by atoms with van der Waals surface area (Å²) < 4.78 is 13.8. The Morgan fingerprint density at radius 1 is 0.434 bits per heavy atom. The molecule has 3 aliphatic rings. The molecule has 0 saturated heterocycles. The molecule has 0 unspecified atom stereocenters. The van der Waals surface area contributed by atoms with E-state index in [1.807, 2.05) is 12.1 Å². The molecule has 0 N–H and O–H groups in total. The summed E-state index contributed by atoms with van der Waals surface area (Å²) in [6, 6.07) is 63.6. The largest absolute Gasteiger partial charge is 0.455 e. The summed E-state index contributed by atoms with van der Waals surface area (Å²) in [6.45, 7) is 0. The average Bonchev–Trinajstić information content (AvgIpc) is 3.73. The maximum absolute atomic E-state index is 6.90. The minimum Gasteiger partial charge on any atom is -0.455 e. The minimum absolute atomic E-state index is 0.833. The van der Waals surface area contributed by atoms with Crippen molar-refractivity contribution in [2.45, 2.75) is 0 Å². The lowest BCUT2D eigenvalue weighted by Crippen LogP contribution is -1.89. The second-order valence-electron chi connectivity index (χ2n) is 13.4. The highest BCUT2D eigenvalue weighted by Crippen LogP contribution is 2.51. The Bertz CT molecular complexity index is 2790. The molecule has 0 bridgehead atoms. The zero-order valence-corrected chi connectivity index (χ0v) is 28.9. The van der Waals surface area contributed by atoms with Gasteiger partial charge in [-0.05, 0) is 57.3 Å². The second kappa shape index (κ2) is 12.9. The predicted octanol–water partition coefficient (Wildman–Crippen LogP) is 14.2. The first kappa shape index (κ1) is 30.8. The zero-order chi connectivity index (χ0) is 35.1. The monoisotopic (exact) mass is 677 g/mol. The molecule has 7 aromatic rings. The van der Waals surface area contributed by atoms with Crippen LogP contribution in [0, 0.1) is 0 Å². The van der Waals surface area contributed by atoms with E-state index in [1.165, 1.54) is 10.9 Å². The van der Waals surface area contributed by atoms with E-state index in [0.29, 0.717) is 0 Å². The van der Waals surface area contributed by atoms with Gasteiger partial charge in [-0.3, -0.25) is 0 Å². The van der Waals surface area contributed by atoms with Crippen molar-refractivity contribution < 1.29 is 8.83 Å². The van der Waals surface area contributed by atoms with E-state index in [9.17, 15) is 0 Å². The second-order valence-corrected chi connectivity index (χ2v) is 13.4. The quantitative estimate of drug-likeness (QED) is 0.164. The highest BCUT2D eigenvalue weighted by Gasteiger charge is 2.37. The van der Waals surface area contributed by atoms with Crippen molar-refractivity contribution in [3.8, 4) is 67.4 Å². The van der Waals surface area contributed by atoms with Crippen LogP contribution in [0.25, 0.3) is 89.8 Å². The van der Waals surface area contributed by atoms with E-state index in [0.717, 1.165) is 89.6 Å². The standard InChI is InChI=1S/C51H33O2/c1-5-18-34(19-6-1)44-32-46(36-22-9-3-10-23-36)52-50-42(38-26-13-15-28-40(38)48(44)50)30-17-31-43-39-27-14-16-29-41(39)49-45(35-20-7-2-8-21-35)33-47(53-51(43)49)37-24-11-4-12-25-37/h1-33H/q+1. The van der Waals surface area contributed by atoms with Gasteiger partial charge in [0.05, 0.1) is 22.8 Å². The van der Waals surface area contributed by atoms with Gasteiger partial charge in [-0.15, -0.1) is 0 Å². The van der Waals surface area contributed by atoms with E-state index in [2.05, 4.69) is 188 Å². The van der Waals surface area contributed by atoms with Crippen molar-refractivity contribution in [3.05, 3.63) is 211 Å². The van der Waals surface area contributed by atoms with Gasteiger partial charge in [0, 0.05) is 27.8 Å². The van der Waals surface area contributed by atoms with Gasteiger partial charge < -0.3 is 4.42 Å². The van der Waals surface area contributed by atoms with Gasteiger partial charge >= 0.3 is 11.5 Å². The predicted molar refractivity (Wildman–Crippen MR) is 219 cm³/mol. The number of rotatable bonds is 6. The maximum atomic E-state index is 6.90. The lowest BCUT2D eigenvalue weighted by Gasteiger charge is -2.13. The van der Waals surface area contributed by atoms with E-state index in [4.69, 9.17) is 8.83 Å². The first-order valence-electron chi connectivity index (χ1n) is 18.0. The molecule has 1 aromatic heterocycles. The third-order valence-electron chi connectivity index (χ3n) is 10.2. The summed E-state index contributed by atoms with van der Waals surface area (Å²) in [5, 5.41) is 2.32. The number of fused-ring (bicyclic) bond motifs is 6. The summed E-state index contributed by atoms with van der Waals surface area (Å²) in [7, 11) is 0. The van der Waals surface area contributed by atoms with Gasteiger partial charge in [0.15, 0.2) is 0 Å². The molecular formula is C51H33O2+. The summed E-state index contributed by atoms with van der Waals surface area (Å²) in [6.07, 6.45) is 6.55. The molecule has 0 saturated carbocycles. The van der Waals surface area contributed by atoms with Gasteiger partial charge in [-0.2, -0.15) is 0 Å². The highest BCUT2D eigenvalue weighted by atomic mass is 16.3. The van der Waals surface area contributed by atoms with Crippen molar-refractivity contribution in [1.29, 1.82) is 0 Å². The van der Waals surface area contributed by atoms with Gasteiger partial charge in [0.25, 0.3) is 0 Å². The van der Waals surface area contributed by atoms with Crippen LogP contribution < -0.4 is 0 Å². The third-order valence-corrected chi connectivity index (χ3v) is 10.2. The van der Waals surface area contributed by atoms with Crippen LogP contribution in [0.5, 0.6) is 0 Å². The highest BCUT2D eigenvalue weighted by molar-refractivity contribution is 6.13. The lowest BCUT2D eigenvalue weighted by atomic mass is 9.95. The fraction of sp³-hybridized carbons (Fsp3) is 0. The SMILES string of the molecule is C(=Cc1c2oc(-c3ccccc3)cc(-c3ccccc3)c-2c2ccccc12)C=C1c2ccccc2-c2c(-c3ccccc3)cc(-c3ccccc3)[o+]c21. The molecule has 0 radical (unpaired) electrons. The normalized spacial score (nSPS) is 12.9. The van der Waals surface area contributed by atoms with Crippen LogP contribution in [0.4, 0.5) is 0 Å². The molecule has 248 valence electrons. The first-order valence-corrected chi connectivity index (χ1v) is 18.0. The molecule has 6 aromatic carbocycles. The Balaban J connectivity index is 1.18. The number of hydrogen-bond donors (Lipinski definition) is 0. The van der Waals surface area contributed by atoms with Crippen LogP contribution >= 0.6 is 0 Å². The summed E-state index contributed by atoms with van der Waals surface area (Å²) in [5.41, 5.74) is 13.3. The lowest BCUT2D eigenvalue weighted by molar-refractivity contribution is 0.556. The molecule has 0 atom stereocenters. The molecule has 2 aliphatic carbocycles. The molecule has 0 amide bonds. The molecule has 2 nitrogen and oxygen atoms in total. The van der Waals surface area contributed by atoms with Crippen LogP contribution in [0.2, 0.25) is 0 Å². The van der Waals surface area contributed by atoms with Crippen molar-refractivity contribution in [2.24, 2.45) is 0 Å². The fourth-order valence-electron chi connectivity index (χ4n) is 7.81. The molecule has 53 heavy (non-hydrogen) atoms. The maximum Gasteiger partial charge on any atom is 0.369 e. The van der Waals surface area contributed by atoms with Gasteiger partial charge in [-0.25, -0.2) is 4.42 Å². The Kier molecular flexibility index (Phi) is 7.51. The molecule has 10 rings (SSSR count). The van der Waals surface area contributed by atoms with Gasteiger partial charge in [-0.1, -0.05) is 170 Å². The Labute approximate surface area is 308 Å². The van der Waals surface area contributed by atoms with E-state index in [1.54, 1.807) is 0 Å². The number of allylic oxidation sites excluding steroid dienone is 2. The van der Waals surface area contributed by atoms with E-state index in [-0.39, 0.29) is 0 Å². The topological polar surface area (TPSA) is 24.4 Å². The van der Waals surface area contributed by atoms with Crippen LogP contribution in [0.15, 0.2) is 203 Å². The van der Waals surface area contributed by atoms with Crippen LogP contribution in [0.3, 0.4) is 0 Å². The summed E-state index contributed by atoms with van der Waals surface area (Å²) >= 11 is 0. The van der Waals surface area contributed by atoms with Gasteiger partial charge in [0.1, 0.15) is 11.5 Å². The smallest absolute Gasteiger partial charge is 0.369 e. The van der Waals surface area contributed by atoms with Crippen LogP contribution in [0.1, 0.15) is 16.9 Å². The van der Waals surface area contributed by atoms with Crippen LogP contribution in [-0.2, 0) is 0 Å². The molecular weight excluding hydrogens is 645 g/mol. The fourth-order valence-corrected chi connectivity index (χ4v) is 7.81. The molecule has 1 aliphatic heterocycles. The molecule has 2 heteroatoms. The Morgan fingerprint density at radius 2 is 0.962 bits per heavy atom. The van der Waals surface area contributed by atoms with Gasteiger partial charge in [0.2, 0.25) is 0 Å². The van der Waals surface area contributed by atoms with Crippen molar-refractivity contribution >= 4 is 22.4 Å². The van der Waals surface area contributed by atoms with E-state index < -0.39 is 0 Å². The minimum atomic E-state index is 0.833. The zero-order valence-electron chi connectivity index (χ0n) is 28.9. The third kappa shape index (κ3) is 5.32.